The molecule has 1 heterocycles. The van der Waals surface area contributed by atoms with Crippen molar-refractivity contribution < 1.29 is 22.3 Å². The first kappa shape index (κ1) is 16.9. The van der Waals surface area contributed by atoms with Crippen LogP contribution in [0.3, 0.4) is 0 Å². The Balaban J connectivity index is 2.34. The van der Waals surface area contributed by atoms with Gasteiger partial charge < -0.3 is 4.74 Å². The molecule has 7 heteroatoms. The molecule has 2 rings (SSSR count). The van der Waals surface area contributed by atoms with Crippen LogP contribution in [-0.4, -0.2) is 25.3 Å². The third kappa shape index (κ3) is 4.53. The summed E-state index contributed by atoms with van der Waals surface area (Å²) in [6.07, 6.45) is 2.32. The van der Waals surface area contributed by atoms with Gasteiger partial charge in [0, 0.05) is 12.5 Å². The maximum Gasteiger partial charge on any atom is 0.266 e. The van der Waals surface area contributed by atoms with Gasteiger partial charge in [0.2, 0.25) is 5.52 Å². The fourth-order valence-electron chi connectivity index (χ4n) is 2.24. The number of benzene rings is 1. The molecule has 2 aromatic rings. The van der Waals surface area contributed by atoms with Crippen molar-refractivity contribution in [2.45, 2.75) is 26.8 Å². The van der Waals surface area contributed by atoms with Crippen molar-refractivity contribution in [3.8, 4) is 0 Å². The van der Waals surface area contributed by atoms with Gasteiger partial charge >= 0.3 is 0 Å². The van der Waals surface area contributed by atoms with E-state index in [4.69, 9.17) is 9.29 Å². The summed E-state index contributed by atoms with van der Waals surface area (Å²) in [7, 11) is -3.93. The molecule has 22 heavy (non-hydrogen) atoms. The van der Waals surface area contributed by atoms with Crippen LogP contribution >= 0.6 is 11.3 Å². The van der Waals surface area contributed by atoms with Crippen molar-refractivity contribution in [1.82, 2.24) is 0 Å². The van der Waals surface area contributed by atoms with Crippen LogP contribution in [0.4, 0.5) is 0 Å². The quantitative estimate of drug-likeness (QED) is 0.477. The third-order valence-corrected chi connectivity index (χ3v) is 5.04. The van der Waals surface area contributed by atoms with Crippen molar-refractivity contribution in [3.05, 3.63) is 35.0 Å². The lowest BCUT2D eigenvalue weighted by atomic mass is 10.3. The molecule has 0 atom stereocenters. The van der Waals surface area contributed by atoms with Gasteiger partial charge in [0.15, 0.2) is 6.54 Å². The molecule has 120 valence electrons. The van der Waals surface area contributed by atoms with Crippen LogP contribution in [0.5, 0.6) is 0 Å². The number of hydrogen-bond acceptors (Lipinski definition) is 4. The number of aryl methyl sites for hydroxylation is 1. The zero-order chi connectivity index (χ0) is 16.2. The van der Waals surface area contributed by atoms with Crippen LogP contribution in [0.25, 0.3) is 16.3 Å². The van der Waals surface area contributed by atoms with Crippen LogP contribution < -0.4 is 4.57 Å². The van der Waals surface area contributed by atoms with E-state index in [9.17, 15) is 8.42 Å². The standard InChI is InChI=1S/C15H19NO4S2/c1-3-20-12(2)11-15-16(9-6-10-22(17,18)19)13-7-4-5-8-14(13)21-15/h4-5,7-8,11H,3,6,9-10H2,1-2H3/p+1. The number of aromatic nitrogens is 1. The maximum absolute atomic E-state index is 10.9. The molecule has 0 saturated carbocycles. The van der Waals surface area contributed by atoms with Gasteiger partial charge in [-0.3, -0.25) is 4.55 Å². The number of ether oxygens (including phenoxy) is 1. The fourth-order valence-corrected chi connectivity index (χ4v) is 3.91. The minimum absolute atomic E-state index is 0.238. The SMILES string of the molecule is CCOC(C)=Cc1sc2ccccc2[n+]1CCCS(=O)(=O)O. The summed E-state index contributed by atoms with van der Waals surface area (Å²) in [4.78, 5) is 0. The predicted octanol–water partition coefficient (Wildman–Crippen LogP) is 2.86. The summed E-state index contributed by atoms with van der Waals surface area (Å²) in [6.45, 7) is 4.96. The van der Waals surface area contributed by atoms with E-state index in [0.29, 0.717) is 19.6 Å². The first-order valence-electron chi connectivity index (χ1n) is 7.08. The van der Waals surface area contributed by atoms with E-state index in [-0.39, 0.29) is 5.75 Å². The lowest BCUT2D eigenvalue weighted by molar-refractivity contribution is -0.668. The second kappa shape index (κ2) is 7.21. The molecular formula is C15H20NO4S2+. The lowest BCUT2D eigenvalue weighted by Crippen LogP contribution is -2.36. The molecule has 1 N–H and O–H groups in total. The van der Waals surface area contributed by atoms with Crippen LogP contribution in [-0.2, 0) is 21.4 Å². The van der Waals surface area contributed by atoms with Gasteiger partial charge in [0.1, 0.15) is 10.5 Å². The van der Waals surface area contributed by atoms with Gasteiger partial charge in [-0.15, -0.1) is 0 Å². The molecule has 5 nitrogen and oxygen atoms in total. The van der Waals surface area contributed by atoms with Crippen LogP contribution in [0.1, 0.15) is 25.3 Å². The highest BCUT2D eigenvalue weighted by Crippen LogP contribution is 2.22. The van der Waals surface area contributed by atoms with Gasteiger partial charge in [0.25, 0.3) is 15.1 Å². The number of thiazole rings is 1. The third-order valence-electron chi connectivity index (χ3n) is 3.12. The van der Waals surface area contributed by atoms with Crippen molar-refractivity contribution >= 4 is 37.7 Å². The van der Waals surface area contributed by atoms with E-state index in [2.05, 4.69) is 4.57 Å². The van der Waals surface area contributed by atoms with E-state index in [1.807, 2.05) is 44.2 Å². The Morgan fingerprint density at radius 3 is 2.82 bits per heavy atom. The number of para-hydroxylation sites is 1. The van der Waals surface area contributed by atoms with Gasteiger partial charge in [-0.2, -0.15) is 13.0 Å². The first-order chi connectivity index (χ1) is 10.4. The fraction of sp³-hybridized carbons (Fsp3) is 0.400. The number of rotatable bonds is 7. The van der Waals surface area contributed by atoms with Crippen molar-refractivity contribution in [1.29, 1.82) is 0 Å². The zero-order valence-corrected chi connectivity index (χ0v) is 14.3. The highest BCUT2D eigenvalue weighted by Gasteiger charge is 2.19. The average Bonchev–Trinajstić information content (AvgIpc) is 2.76. The Kier molecular flexibility index (Phi) is 5.55. The summed E-state index contributed by atoms with van der Waals surface area (Å²) >= 11 is 1.63. The van der Waals surface area contributed by atoms with E-state index >= 15 is 0 Å². The first-order valence-corrected chi connectivity index (χ1v) is 9.51. The summed E-state index contributed by atoms with van der Waals surface area (Å²) in [5, 5.41) is 1.00. The number of allylic oxidation sites excluding steroid dienone is 1. The molecule has 0 amide bonds. The van der Waals surface area contributed by atoms with Crippen LogP contribution in [0.15, 0.2) is 30.0 Å². The predicted molar refractivity (Wildman–Crippen MR) is 88.3 cm³/mol. The largest absolute Gasteiger partial charge is 0.498 e. The van der Waals surface area contributed by atoms with Gasteiger partial charge in [-0.05, 0) is 19.9 Å². The lowest BCUT2D eigenvalue weighted by Gasteiger charge is -2.01. The molecule has 1 aromatic heterocycles. The van der Waals surface area contributed by atoms with Crippen LogP contribution in [0, 0.1) is 0 Å². The number of nitrogens with zero attached hydrogens (tertiary/aromatic N) is 1. The number of hydrogen-bond donors (Lipinski definition) is 1. The minimum Gasteiger partial charge on any atom is -0.498 e. The molecule has 0 spiro atoms. The van der Waals surface area contributed by atoms with E-state index in [1.165, 1.54) is 0 Å². The maximum atomic E-state index is 10.9. The molecule has 0 radical (unpaired) electrons. The van der Waals surface area contributed by atoms with Crippen molar-refractivity contribution in [2.75, 3.05) is 12.4 Å². The average molecular weight is 342 g/mol. The van der Waals surface area contributed by atoms with Gasteiger partial charge in [-0.25, -0.2) is 0 Å². The summed E-state index contributed by atoms with van der Waals surface area (Å²) in [6, 6.07) is 7.97. The highest BCUT2D eigenvalue weighted by atomic mass is 32.2. The normalized spacial score (nSPS) is 12.8. The Morgan fingerprint density at radius 2 is 2.14 bits per heavy atom. The molecule has 0 unspecified atom stereocenters. The molecule has 0 fully saturated rings. The Labute approximate surface area is 134 Å². The second-order valence-corrected chi connectivity index (χ2v) is 7.52. The minimum atomic E-state index is -3.93. The Hall–Kier alpha value is -1.44. The molecular weight excluding hydrogens is 322 g/mol. The van der Waals surface area contributed by atoms with E-state index < -0.39 is 10.1 Å². The van der Waals surface area contributed by atoms with Crippen molar-refractivity contribution in [3.63, 3.8) is 0 Å². The Morgan fingerprint density at radius 1 is 1.41 bits per heavy atom. The van der Waals surface area contributed by atoms with E-state index in [1.54, 1.807) is 11.3 Å². The smallest absolute Gasteiger partial charge is 0.266 e. The molecule has 0 bridgehead atoms. The van der Waals surface area contributed by atoms with E-state index in [0.717, 1.165) is 21.0 Å². The molecule has 0 aliphatic carbocycles. The molecule has 0 aliphatic heterocycles. The summed E-state index contributed by atoms with van der Waals surface area (Å²) in [5.74, 6) is 0.579. The molecule has 0 saturated heterocycles. The van der Waals surface area contributed by atoms with Crippen molar-refractivity contribution in [2.24, 2.45) is 0 Å². The Bertz CT molecular complexity index is 778. The summed E-state index contributed by atoms with van der Waals surface area (Å²) in [5.41, 5.74) is 1.05. The van der Waals surface area contributed by atoms with Gasteiger partial charge in [0.05, 0.1) is 18.4 Å². The zero-order valence-electron chi connectivity index (χ0n) is 12.7. The number of fused-ring (bicyclic) bond motifs is 1. The van der Waals surface area contributed by atoms with Crippen LogP contribution in [0.2, 0.25) is 0 Å². The molecule has 0 aliphatic rings. The van der Waals surface area contributed by atoms with Gasteiger partial charge in [-0.1, -0.05) is 23.5 Å². The second-order valence-electron chi connectivity index (χ2n) is 4.89. The molecule has 1 aromatic carbocycles. The monoisotopic (exact) mass is 342 g/mol. The summed E-state index contributed by atoms with van der Waals surface area (Å²) < 4.78 is 39.3. The highest BCUT2D eigenvalue weighted by molar-refractivity contribution is 7.85. The topological polar surface area (TPSA) is 67.5 Å².